The lowest BCUT2D eigenvalue weighted by Crippen LogP contribution is -2.05. The molecule has 59 heavy (non-hydrogen) atoms. The van der Waals surface area contributed by atoms with Crippen LogP contribution in [0.5, 0.6) is 23.0 Å². The van der Waals surface area contributed by atoms with Gasteiger partial charge in [-0.3, -0.25) is 9.98 Å². The molecule has 0 aliphatic heterocycles. The maximum Gasteiger partial charge on any atom is 0.248 e. The Balaban J connectivity index is 0.828. The molecule has 12 heteroatoms. The average Bonchev–Trinajstić information content (AvgIpc) is 4.01. The van der Waals surface area contributed by atoms with E-state index in [0.717, 1.165) is 44.8 Å². The van der Waals surface area contributed by atoms with E-state index >= 15 is 0 Å². The van der Waals surface area contributed by atoms with Gasteiger partial charge < -0.3 is 27.8 Å². The largest absolute Gasteiger partial charge is 0.496 e. The molecule has 6 aromatic carbocycles. The Labute approximate surface area is 340 Å². The highest BCUT2D eigenvalue weighted by Gasteiger charge is 2.12. The maximum absolute atomic E-state index is 6.07. The number of rotatable bonds is 16. The van der Waals surface area contributed by atoms with E-state index < -0.39 is 0 Å². The van der Waals surface area contributed by atoms with Crippen LogP contribution in [0, 0.1) is 0 Å². The SMILES string of the molecule is COc1ccc(OCCCOc2ccc(OC)c(C=Nc3ccc(-c4nnc(-c5ccccc5)o4)cc3)c2)cc1C=Nc1ccc(-c2nnc(-c3ccccc3)o2)cc1. The van der Waals surface area contributed by atoms with Gasteiger partial charge in [0, 0.05) is 52.2 Å². The van der Waals surface area contributed by atoms with Crippen molar-refractivity contribution in [2.45, 2.75) is 6.42 Å². The van der Waals surface area contributed by atoms with Crippen LogP contribution >= 0.6 is 0 Å². The van der Waals surface area contributed by atoms with Crippen molar-refractivity contribution in [1.29, 1.82) is 0 Å². The molecule has 0 bridgehead atoms. The Morgan fingerprint density at radius 2 is 0.831 bits per heavy atom. The smallest absolute Gasteiger partial charge is 0.248 e. The maximum atomic E-state index is 6.07. The quantitative estimate of drug-likeness (QED) is 0.0687. The van der Waals surface area contributed by atoms with Crippen molar-refractivity contribution >= 4 is 23.8 Å². The van der Waals surface area contributed by atoms with E-state index in [1.165, 1.54) is 0 Å². The minimum atomic E-state index is 0.440. The molecule has 0 saturated carbocycles. The van der Waals surface area contributed by atoms with Gasteiger partial charge in [0.15, 0.2) is 0 Å². The number of aliphatic imine (C=N–C) groups is 2. The number of nitrogens with zero attached hydrogens (tertiary/aromatic N) is 6. The molecule has 8 aromatic rings. The van der Waals surface area contributed by atoms with Crippen molar-refractivity contribution in [2.75, 3.05) is 27.4 Å². The summed E-state index contributed by atoms with van der Waals surface area (Å²) in [6, 6.07) is 45.8. The normalized spacial score (nSPS) is 11.3. The molecule has 0 saturated heterocycles. The highest BCUT2D eigenvalue weighted by Crippen LogP contribution is 2.29. The Morgan fingerprint density at radius 1 is 0.458 bits per heavy atom. The fourth-order valence-electron chi connectivity index (χ4n) is 5.99. The lowest BCUT2D eigenvalue weighted by molar-refractivity contribution is 0.247. The van der Waals surface area contributed by atoms with Gasteiger partial charge in [-0.2, -0.15) is 0 Å². The van der Waals surface area contributed by atoms with Crippen LogP contribution in [0.15, 0.2) is 164 Å². The van der Waals surface area contributed by atoms with Crippen LogP contribution in [0.2, 0.25) is 0 Å². The monoisotopic (exact) mass is 782 g/mol. The third kappa shape index (κ3) is 9.58. The number of methoxy groups -OCH3 is 2. The van der Waals surface area contributed by atoms with Gasteiger partial charge in [-0.25, -0.2) is 0 Å². The van der Waals surface area contributed by atoms with Gasteiger partial charge in [0.1, 0.15) is 23.0 Å². The predicted molar refractivity (Wildman–Crippen MR) is 226 cm³/mol. The second-order valence-electron chi connectivity index (χ2n) is 13.0. The molecule has 0 amide bonds. The molecule has 0 aliphatic carbocycles. The summed E-state index contributed by atoms with van der Waals surface area (Å²) < 4.78 is 35.1. The van der Waals surface area contributed by atoms with E-state index in [0.29, 0.717) is 66.2 Å². The van der Waals surface area contributed by atoms with Crippen LogP contribution in [0.1, 0.15) is 17.5 Å². The second-order valence-corrected chi connectivity index (χ2v) is 13.0. The summed E-state index contributed by atoms with van der Waals surface area (Å²) >= 11 is 0. The van der Waals surface area contributed by atoms with Crippen LogP contribution in [-0.2, 0) is 0 Å². The third-order valence-corrected chi connectivity index (χ3v) is 9.05. The molecule has 12 nitrogen and oxygen atoms in total. The molecule has 0 fully saturated rings. The molecule has 2 aromatic heterocycles. The van der Waals surface area contributed by atoms with Gasteiger partial charge in [0.2, 0.25) is 23.6 Å². The molecule has 0 aliphatic rings. The Hall–Kier alpha value is -7.86. The van der Waals surface area contributed by atoms with Crippen LogP contribution in [0.25, 0.3) is 45.8 Å². The first-order valence-corrected chi connectivity index (χ1v) is 18.8. The van der Waals surface area contributed by atoms with E-state index in [9.17, 15) is 0 Å². The van der Waals surface area contributed by atoms with Crippen LogP contribution in [-0.4, -0.2) is 60.3 Å². The topological polar surface area (TPSA) is 139 Å². The molecule has 0 atom stereocenters. The molecule has 0 unspecified atom stereocenters. The summed E-state index contributed by atoms with van der Waals surface area (Å²) in [4.78, 5) is 9.32. The lowest BCUT2D eigenvalue weighted by Gasteiger charge is -2.11. The molecular formula is C47H38N6O6. The molecule has 8 rings (SSSR count). The van der Waals surface area contributed by atoms with Crippen LogP contribution in [0.3, 0.4) is 0 Å². The predicted octanol–water partition coefficient (Wildman–Crippen LogP) is 10.5. The van der Waals surface area contributed by atoms with Crippen molar-refractivity contribution < 1.29 is 27.8 Å². The van der Waals surface area contributed by atoms with E-state index in [-0.39, 0.29) is 0 Å². The zero-order chi connectivity index (χ0) is 40.2. The fourth-order valence-corrected chi connectivity index (χ4v) is 5.99. The van der Waals surface area contributed by atoms with Gasteiger partial charge in [-0.1, -0.05) is 36.4 Å². The summed E-state index contributed by atoms with van der Waals surface area (Å²) in [7, 11) is 3.25. The van der Waals surface area contributed by atoms with E-state index in [2.05, 4.69) is 30.4 Å². The summed E-state index contributed by atoms with van der Waals surface area (Å²) in [5.74, 6) is 4.56. The third-order valence-electron chi connectivity index (χ3n) is 9.05. The fraction of sp³-hybridized carbons (Fsp3) is 0.106. The average molecular weight is 783 g/mol. The molecule has 0 spiro atoms. The summed E-state index contributed by atoms with van der Waals surface area (Å²) in [5, 5.41) is 16.8. The van der Waals surface area contributed by atoms with E-state index in [1.54, 1.807) is 26.6 Å². The van der Waals surface area contributed by atoms with Crippen LogP contribution < -0.4 is 18.9 Å². The zero-order valence-electron chi connectivity index (χ0n) is 32.3. The van der Waals surface area contributed by atoms with Gasteiger partial charge in [-0.05, 0) is 109 Å². The number of hydrogen-bond donors (Lipinski definition) is 0. The molecule has 2 heterocycles. The van der Waals surface area contributed by atoms with E-state index in [4.69, 9.17) is 27.8 Å². The lowest BCUT2D eigenvalue weighted by atomic mass is 10.2. The molecule has 292 valence electrons. The summed E-state index contributed by atoms with van der Waals surface area (Å²) in [5.41, 5.74) is 6.41. The van der Waals surface area contributed by atoms with Gasteiger partial charge in [-0.15, -0.1) is 20.4 Å². The van der Waals surface area contributed by atoms with Crippen molar-refractivity contribution in [2.24, 2.45) is 9.98 Å². The first kappa shape index (κ1) is 38.0. The standard InChI is InChI=1S/C47H38N6O6/c1-54-42-24-22-40(28-36(42)30-48-38-18-14-34(15-19-38)46-52-50-44(58-46)32-10-5-3-6-11-32)56-26-9-27-57-41-23-25-43(55-2)37(29-41)31-49-39-20-16-35(17-21-39)47-53-51-45(59-47)33-12-7-4-8-13-33/h3-8,10-25,28-31H,9,26-27H2,1-2H3. The van der Waals surface area contributed by atoms with Crippen LogP contribution in [0.4, 0.5) is 11.4 Å². The first-order chi connectivity index (χ1) is 29.1. The minimum absolute atomic E-state index is 0.440. The van der Waals surface area contributed by atoms with Crippen molar-refractivity contribution in [3.63, 3.8) is 0 Å². The summed E-state index contributed by atoms with van der Waals surface area (Å²) in [6.07, 6.45) is 4.16. The Kier molecular flexibility index (Phi) is 11.9. The first-order valence-electron chi connectivity index (χ1n) is 18.8. The number of hydrogen-bond acceptors (Lipinski definition) is 12. The highest BCUT2D eigenvalue weighted by molar-refractivity contribution is 5.87. The highest BCUT2D eigenvalue weighted by atomic mass is 16.5. The van der Waals surface area contributed by atoms with Crippen molar-refractivity contribution in [1.82, 2.24) is 20.4 Å². The number of benzene rings is 6. The Morgan fingerprint density at radius 3 is 1.20 bits per heavy atom. The molecule has 0 radical (unpaired) electrons. The molecule has 0 N–H and O–H groups in total. The Bertz CT molecular complexity index is 2470. The van der Waals surface area contributed by atoms with Gasteiger partial charge in [0.05, 0.1) is 38.8 Å². The van der Waals surface area contributed by atoms with Gasteiger partial charge >= 0.3 is 0 Å². The molecular weight excluding hydrogens is 745 g/mol. The second kappa shape index (κ2) is 18.4. The number of aromatic nitrogens is 4. The minimum Gasteiger partial charge on any atom is -0.496 e. The van der Waals surface area contributed by atoms with Gasteiger partial charge in [0.25, 0.3) is 0 Å². The van der Waals surface area contributed by atoms with Crippen molar-refractivity contribution in [3.8, 4) is 68.8 Å². The van der Waals surface area contributed by atoms with E-state index in [1.807, 2.05) is 146 Å². The van der Waals surface area contributed by atoms with Crippen molar-refractivity contribution in [3.05, 3.63) is 157 Å². The summed E-state index contributed by atoms with van der Waals surface area (Å²) in [6.45, 7) is 0.896. The number of ether oxygens (including phenoxy) is 4. The zero-order valence-corrected chi connectivity index (χ0v) is 32.3.